The first kappa shape index (κ1) is 66.3. The molecule has 0 aromatic rings. The third-order valence-electron chi connectivity index (χ3n) is 14.2. The van der Waals surface area contributed by atoms with Gasteiger partial charge in [0.2, 0.25) is 5.91 Å². The average molecular weight is 959 g/mol. The molecule has 0 saturated carbocycles. The van der Waals surface area contributed by atoms with E-state index in [1.807, 2.05) is 0 Å². The van der Waals surface area contributed by atoms with Crippen LogP contribution in [0.3, 0.4) is 0 Å². The highest BCUT2D eigenvalue weighted by Gasteiger charge is 2.20. The third kappa shape index (κ3) is 53.7. The van der Waals surface area contributed by atoms with Gasteiger partial charge in [-0.2, -0.15) is 0 Å². The van der Waals surface area contributed by atoms with Gasteiger partial charge in [-0.05, 0) is 77.0 Å². The zero-order chi connectivity index (χ0) is 49.3. The number of ether oxygens (including phenoxy) is 1. The number of hydrogen-bond donors (Lipinski definition) is 3. The van der Waals surface area contributed by atoms with Crippen LogP contribution in [-0.4, -0.2) is 47.4 Å². The van der Waals surface area contributed by atoms with Crippen molar-refractivity contribution in [3.8, 4) is 0 Å². The molecule has 6 nitrogen and oxygen atoms in total. The first-order chi connectivity index (χ1) is 33.5. The molecule has 0 heterocycles. The maximum Gasteiger partial charge on any atom is 0.305 e. The Balaban J connectivity index is 3.43. The number of amides is 1. The summed E-state index contributed by atoms with van der Waals surface area (Å²) in [6.45, 7) is 4.94. The highest BCUT2D eigenvalue weighted by Crippen LogP contribution is 2.17. The molecule has 6 heteroatoms. The van der Waals surface area contributed by atoms with Gasteiger partial charge < -0.3 is 20.3 Å². The van der Waals surface area contributed by atoms with E-state index in [-0.39, 0.29) is 18.5 Å². The number of aliphatic hydroxyl groups excluding tert-OH is 2. The van der Waals surface area contributed by atoms with Gasteiger partial charge >= 0.3 is 5.97 Å². The number of carbonyl (C=O) groups excluding carboxylic acids is 2. The summed E-state index contributed by atoms with van der Waals surface area (Å²) in [7, 11) is 0. The van der Waals surface area contributed by atoms with Gasteiger partial charge in [0, 0.05) is 12.8 Å². The van der Waals surface area contributed by atoms with Crippen molar-refractivity contribution in [1.29, 1.82) is 0 Å². The van der Waals surface area contributed by atoms with E-state index in [0.29, 0.717) is 25.9 Å². The number of esters is 1. The molecule has 3 N–H and O–H groups in total. The van der Waals surface area contributed by atoms with Crippen LogP contribution >= 0.6 is 0 Å². The standard InChI is InChI=1S/C62H119NO5/c1-3-5-7-9-11-13-15-17-19-20-21-24-28-32-36-40-44-48-52-56-62(67)68-57-53-49-45-41-37-33-29-25-22-23-27-31-35-39-43-47-51-55-61(66)63-59(58-64)60(65)54-50-46-42-38-34-30-26-18-16-14-12-10-8-6-4-2/h17,19,22,25,59-60,64-65H,3-16,18,20-21,23-24,26-58H2,1-2H3,(H,63,66)/b19-17-,25-22-. The van der Waals surface area contributed by atoms with Gasteiger partial charge in [-0.15, -0.1) is 0 Å². The highest BCUT2D eigenvalue weighted by molar-refractivity contribution is 5.76. The molecular weight excluding hydrogens is 839 g/mol. The molecule has 0 aliphatic rings. The van der Waals surface area contributed by atoms with Gasteiger partial charge in [0.1, 0.15) is 0 Å². The Morgan fingerprint density at radius 2 is 0.691 bits per heavy atom. The molecule has 0 spiro atoms. The Morgan fingerprint density at radius 3 is 1.04 bits per heavy atom. The number of hydrogen-bond acceptors (Lipinski definition) is 5. The number of carbonyl (C=O) groups is 2. The second-order valence-electron chi connectivity index (χ2n) is 21.0. The van der Waals surface area contributed by atoms with Crippen molar-refractivity contribution in [3.05, 3.63) is 24.3 Å². The Hall–Kier alpha value is -1.66. The lowest BCUT2D eigenvalue weighted by molar-refractivity contribution is -0.143. The first-order valence-corrected chi connectivity index (χ1v) is 30.6. The van der Waals surface area contributed by atoms with E-state index in [0.717, 1.165) is 57.8 Å². The van der Waals surface area contributed by atoms with Gasteiger partial charge in [-0.3, -0.25) is 9.59 Å². The summed E-state index contributed by atoms with van der Waals surface area (Å²) in [4.78, 5) is 24.6. The topological polar surface area (TPSA) is 95.9 Å². The molecule has 0 radical (unpaired) electrons. The maximum atomic E-state index is 12.5. The lowest BCUT2D eigenvalue weighted by Gasteiger charge is -2.22. The number of rotatable bonds is 57. The van der Waals surface area contributed by atoms with Crippen molar-refractivity contribution in [2.24, 2.45) is 0 Å². The van der Waals surface area contributed by atoms with E-state index in [4.69, 9.17) is 4.74 Å². The molecule has 2 atom stereocenters. The van der Waals surface area contributed by atoms with Crippen LogP contribution < -0.4 is 5.32 Å². The number of allylic oxidation sites excluding steroid dienone is 4. The monoisotopic (exact) mass is 958 g/mol. The summed E-state index contributed by atoms with van der Waals surface area (Å²) >= 11 is 0. The lowest BCUT2D eigenvalue weighted by atomic mass is 10.0. The van der Waals surface area contributed by atoms with E-state index in [2.05, 4.69) is 43.5 Å². The second kappa shape index (κ2) is 57.9. The summed E-state index contributed by atoms with van der Waals surface area (Å²) in [5.74, 6) is -0.0472. The molecule has 1 amide bonds. The molecule has 68 heavy (non-hydrogen) atoms. The van der Waals surface area contributed by atoms with E-state index < -0.39 is 12.1 Å². The maximum absolute atomic E-state index is 12.5. The normalized spacial score (nSPS) is 12.7. The van der Waals surface area contributed by atoms with Crippen LogP contribution in [0.5, 0.6) is 0 Å². The number of nitrogens with one attached hydrogen (secondary N) is 1. The average Bonchev–Trinajstić information content (AvgIpc) is 3.34. The number of unbranched alkanes of at least 4 members (excludes halogenated alkanes) is 42. The second-order valence-corrected chi connectivity index (χ2v) is 21.0. The van der Waals surface area contributed by atoms with Crippen molar-refractivity contribution >= 4 is 11.9 Å². The first-order valence-electron chi connectivity index (χ1n) is 30.6. The molecule has 0 aliphatic carbocycles. The SMILES string of the molecule is CCCCCCCC/C=C\CCCCCCCCCCCC(=O)OCCCCCCCC/C=C\CCCCCCCCCC(=O)NC(CO)C(O)CCCCCCCCCCCCCCCCC. The van der Waals surface area contributed by atoms with Gasteiger partial charge in [0.15, 0.2) is 0 Å². The fraction of sp³-hybridized carbons (Fsp3) is 0.903. The van der Waals surface area contributed by atoms with Crippen molar-refractivity contribution in [3.63, 3.8) is 0 Å². The fourth-order valence-corrected chi connectivity index (χ4v) is 9.51. The van der Waals surface area contributed by atoms with Gasteiger partial charge in [-0.25, -0.2) is 0 Å². The summed E-state index contributed by atoms with van der Waals surface area (Å²) in [5, 5.41) is 23.3. The van der Waals surface area contributed by atoms with E-state index in [1.54, 1.807) is 0 Å². The Labute approximate surface area is 424 Å². The molecule has 402 valence electrons. The van der Waals surface area contributed by atoms with Gasteiger partial charge in [0.05, 0.1) is 25.4 Å². The van der Waals surface area contributed by atoms with Crippen LogP contribution in [0.2, 0.25) is 0 Å². The molecular formula is C62H119NO5. The summed E-state index contributed by atoms with van der Waals surface area (Å²) < 4.78 is 5.49. The molecule has 0 aliphatic heterocycles. The van der Waals surface area contributed by atoms with Gasteiger partial charge in [-0.1, -0.05) is 269 Å². The summed E-state index contributed by atoms with van der Waals surface area (Å²) in [5.41, 5.74) is 0. The zero-order valence-electron chi connectivity index (χ0n) is 45.9. The smallest absolute Gasteiger partial charge is 0.305 e. The van der Waals surface area contributed by atoms with Crippen LogP contribution in [0.1, 0.15) is 335 Å². The van der Waals surface area contributed by atoms with Crippen molar-refractivity contribution < 1.29 is 24.5 Å². The molecule has 0 fully saturated rings. The molecule has 0 bridgehead atoms. The molecule has 0 rings (SSSR count). The minimum Gasteiger partial charge on any atom is -0.466 e. The van der Waals surface area contributed by atoms with E-state index in [9.17, 15) is 19.8 Å². The Morgan fingerprint density at radius 1 is 0.397 bits per heavy atom. The molecule has 0 saturated heterocycles. The third-order valence-corrected chi connectivity index (χ3v) is 14.2. The van der Waals surface area contributed by atoms with Crippen molar-refractivity contribution in [2.75, 3.05) is 13.2 Å². The largest absolute Gasteiger partial charge is 0.466 e. The Bertz CT molecular complexity index is 1060. The highest BCUT2D eigenvalue weighted by atomic mass is 16.5. The van der Waals surface area contributed by atoms with E-state index >= 15 is 0 Å². The predicted octanol–water partition coefficient (Wildman–Crippen LogP) is 19.0. The van der Waals surface area contributed by atoms with Crippen molar-refractivity contribution in [2.45, 2.75) is 347 Å². The van der Waals surface area contributed by atoms with Crippen LogP contribution in [0.15, 0.2) is 24.3 Å². The van der Waals surface area contributed by atoms with E-state index in [1.165, 1.54) is 244 Å². The summed E-state index contributed by atoms with van der Waals surface area (Å²) in [6, 6.07) is -0.550. The number of aliphatic hydroxyl groups is 2. The van der Waals surface area contributed by atoms with Crippen LogP contribution in [-0.2, 0) is 14.3 Å². The minimum absolute atomic E-state index is 0.00176. The lowest BCUT2D eigenvalue weighted by Crippen LogP contribution is -2.45. The van der Waals surface area contributed by atoms with Crippen LogP contribution in [0, 0.1) is 0 Å². The van der Waals surface area contributed by atoms with Crippen molar-refractivity contribution in [1.82, 2.24) is 5.32 Å². The fourth-order valence-electron chi connectivity index (χ4n) is 9.51. The quantitative estimate of drug-likeness (QED) is 0.0321. The summed E-state index contributed by atoms with van der Waals surface area (Å²) in [6.07, 6.45) is 70.3. The molecule has 0 aromatic heterocycles. The Kier molecular flexibility index (Phi) is 56.5. The van der Waals surface area contributed by atoms with Crippen LogP contribution in [0.25, 0.3) is 0 Å². The zero-order valence-corrected chi connectivity index (χ0v) is 45.9. The molecule has 0 aromatic carbocycles. The van der Waals surface area contributed by atoms with Crippen LogP contribution in [0.4, 0.5) is 0 Å². The molecule has 2 unspecified atom stereocenters. The predicted molar refractivity (Wildman–Crippen MR) is 296 cm³/mol. The minimum atomic E-state index is -0.672. The van der Waals surface area contributed by atoms with Gasteiger partial charge in [0.25, 0.3) is 0 Å².